The minimum Gasteiger partial charge on any atom is -0.356 e. The molecule has 3 atom stereocenters. The molecule has 0 aromatic rings. The average Bonchev–Trinajstić information content (AvgIpc) is 2.46. The van der Waals surface area contributed by atoms with Crippen molar-refractivity contribution in [3.05, 3.63) is 0 Å². The molecular formula is C8H16O3. The molecule has 0 aromatic carbocycles. The van der Waals surface area contributed by atoms with Crippen molar-refractivity contribution in [2.75, 3.05) is 14.2 Å². The third-order valence-corrected chi connectivity index (χ3v) is 2.19. The van der Waals surface area contributed by atoms with Gasteiger partial charge in [-0.3, -0.25) is 0 Å². The molecule has 1 aliphatic heterocycles. The van der Waals surface area contributed by atoms with Gasteiger partial charge in [-0.15, -0.1) is 0 Å². The zero-order valence-electron chi connectivity index (χ0n) is 7.37. The lowest BCUT2D eigenvalue weighted by Crippen LogP contribution is -2.18. The normalized spacial score (nSPS) is 37.9. The van der Waals surface area contributed by atoms with Crippen molar-refractivity contribution in [1.82, 2.24) is 0 Å². The molecule has 1 fully saturated rings. The summed E-state index contributed by atoms with van der Waals surface area (Å²) in [5.41, 5.74) is 0. The molecule has 0 bridgehead atoms. The van der Waals surface area contributed by atoms with Crippen LogP contribution < -0.4 is 0 Å². The Labute approximate surface area is 67.6 Å². The van der Waals surface area contributed by atoms with E-state index in [1.165, 1.54) is 0 Å². The van der Waals surface area contributed by atoms with Crippen molar-refractivity contribution in [3.63, 3.8) is 0 Å². The Kier molecular flexibility index (Phi) is 3.30. The number of hydrogen-bond acceptors (Lipinski definition) is 3. The first-order chi connectivity index (χ1) is 5.31. The molecule has 1 rings (SSSR count). The molecule has 0 unspecified atom stereocenters. The summed E-state index contributed by atoms with van der Waals surface area (Å²) < 4.78 is 15.6. The predicted molar refractivity (Wildman–Crippen MR) is 41.1 cm³/mol. The Bertz CT molecular complexity index is 104. The highest BCUT2D eigenvalue weighted by Crippen LogP contribution is 2.29. The van der Waals surface area contributed by atoms with Crippen LogP contribution in [0.25, 0.3) is 0 Å². The van der Waals surface area contributed by atoms with Crippen LogP contribution in [0.2, 0.25) is 0 Å². The highest BCUT2D eigenvalue weighted by atomic mass is 16.8. The molecule has 3 nitrogen and oxygen atoms in total. The van der Waals surface area contributed by atoms with Gasteiger partial charge in [-0.1, -0.05) is 6.92 Å². The summed E-state index contributed by atoms with van der Waals surface area (Å²) in [6.07, 6.45) is 1.90. The third kappa shape index (κ3) is 1.92. The second-order valence-corrected chi connectivity index (χ2v) is 2.81. The first-order valence-electron chi connectivity index (χ1n) is 4.02. The van der Waals surface area contributed by atoms with Crippen molar-refractivity contribution in [1.29, 1.82) is 0 Å². The van der Waals surface area contributed by atoms with Gasteiger partial charge in [0.25, 0.3) is 0 Å². The molecule has 0 saturated carbocycles. The van der Waals surface area contributed by atoms with Gasteiger partial charge in [0.05, 0.1) is 0 Å². The predicted octanol–water partition coefficient (Wildman–Crippen LogP) is 1.38. The largest absolute Gasteiger partial charge is 0.356 e. The quantitative estimate of drug-likeness (QED) is 0.624. The van der Waals surface area contributed by atoms with E-state index in [0.29, 0.717) is 5.92 Å². The van der Waals surface area contributed by atoms with Crippen LogP contribution >= 0.6 is 0 Å². The summed E-state index contributed by atoms with van der Waals surface area (Å²) in [6, 6.07) is 0. The molecular weight excluding hydrogens is 144 g/mol. The first-order valence-corrected chi connectivity index (χ1v) is 4.02. The van der Waals surface area contributed by atoms with Crippen LogP contribution in [0.5, 0.6) is 0 Å². The molecule has 0 N–H and O–H groups in total. The summed E-state index contributed by atoms with van der Waals surface area (Å²) in [6.45, 7) is 2.14. The Balaban J connectivity index is 2.41. The van der Waals surface area contributed by atoms with Gasteiger partial charge in [0.2, 0.25) is 0 Å². The van der Waals surface area contributed by atoms with E-state index >= 15 is 0 Å². The molecule has 3 heteroatoms. The van der Waals surface area contributed by atoms with Gasteiger partial charge < -0.3 is 14.2 Å². The number of hydrogen-bond donors (Lipinski definition) is 0. The fourth-order valence-corrected chi connectivity index (χ4v) is 1.43. The third-order valence-electron chi connectivity index (χ3n) is 2.19. The van der Waals surface area contributed by atoms with E-state index in [9.17, 15) is 0 Å². The minimum absolute atomic E-state index is 0.0649. The fourth-order valence-electron chi connectivity index (χ4n) is 1.43. The van der Waals surface area contributed by atoms with E-state index in [1.807, 2.05) is 0 Å². The molecule has 0 spiro atoms. The molecule has 1 aliphatic rings. The number of ether oxygens (including phenoxy) is 3. The zero-order chi connectivity index (χ0) is 8.27. The summed E-state index contributed by atoms with van der Waals surface area (Å²) in [4.78, 5) is 0. The highest BCUT2D eigenvalue weighted by Gasteiger charge is 2.33. The molecule has 66 valence electrons. The molecule has 1 saturated heterocycles. The molecule has 0 radical (unpaired) electrons. The van der Waals surface area contributed by atoms with Crippen LogP contribution in [-0.4, -0.2) is 26.8 Å². The van der Waals surface area contributed by atoms with Gasteiger partial charge in [0.1, 0.15) is 0 Å². The molecule has 0 aliphatic carbocycles. The first kappa shape index (κ1) is 8.97. The van der Waals surface area contributed by atoms with Gasteiger partial charge in [-0.05, 0) is 6.42 Å². The molecule has 11 heavy (non-hydrogen) atoms. The second kappa shape index (κ2) is 4.04. The Morgan fingerprint density at radius 3 is 2.45 bits per heavy atom. The smallest absolute Gasteiger partial charge is 0.163 e. The maximum absolute atomic E-state index is 5.42. The Hall–Kier alpha value is -0.120. The second-order valence-electron chi connectivity index (χ2n) is 2.81. The zero-order valence-corrected chi connectivity index (χ0v) is 7.37. The lowest BCUT2D eigenvalue weighted by Gasteiger charge is -2.13. The van der Waals surface area contributed by atoms with E-state index in [0.717, 1.165) is 12.8 Å². The van der Waals surface area contributed by atoms with Gasteiger partial charge in [0, 0.05) is 26.6 Å². The van der Waals surface area contributed by atoms with Crippen molar-refractivity contribution >= 4 is 0 Å². The monoisotopic (exact) mass is 160 g/mol. The number of rotatable bonds is 3. The van der Waals surface area contributed by atoms with Crippen LogP contribution in [0.15, 0.2) is 0 Å². The minimum atomic E-state index is -0.0649. The molecule has 1 heterocycles. The van der Waals surface area contributed by atoms with E-state index in [4.69, 9.17) is 14.2 Å². The van der Waals surface area contributed by atoms with Crippen molar-refractivity contribution in [3.8, 4) is 0 Å². The molecule has 0 amide bonds. The molecule has 0 aromatic heterocycles. The summed E-state index contributed by atoms with van der Waals surface area (Å²) in [5, 5.41) is 0. The van der Waals surface area contributed by atoms with Crippen LogP contribution in [0.4, 0.5) is 0 Å². The van der Waals surface area contributed by atoms with Crippen LogP contribution in [0.1, 0.15) is 19.8 Å². The van der Waals surface area contributed by atoms with Gasteiger partial charge >= 0.3 is 0 Å². The van der Waals surface area contributed by atoms with Crippen molar-refractivity contribution < 1.29 is 14.2 Å². The fraction of sp³-hybridized carbons (Fsp3) is 1.00. The van der Waals surface area contributed by atoms with Gasteiger partial charge in [0.15, 0.2) is 12.6 Å². The Morgan fingerprint density at radius 2 is 2.09 bits per heavy atom. The topological polar surface area (TPSA) is 27.7 Å². The maximum Gasteiger partial charge on any atom is 0.163 e. The van der Waals surface area contributed by atoms with E-state index in [-0.39, 0.29) is 12.6 Å². The number of methoxy groups -OCH3 is 2. The highest BCUT2D eigenvalue weighted by molar-refractivity contribution is 4.70. The van der Waals surface area contributed by atoms with Crippen molar-refractivity contribution in [2.45, 2.75) is 32.3 Å². The van der Waals surface area contributed by atoms with Crippen LogP contribution in [0.3, 0.4) is 0 Å². The lowest BCUT2D eigenvalue weighted by atomic mass is 10.0. The van der Waals surface area contributed by atoms with Gasteiger partial charge in [-0.25, -0.2) is 0 Å². The van der Waals surface area contributed by atoms with Gasteiger partial charge in [-0.2, -0.15) is 0 Å². The lowest BCUT2D eigenvalue weighted by molar-refractivity contribution is -0.193. The van der Waals surface area contributed by atoms with Crippen LogP contribution in [-0.2, 0) is 14.2 Å². The van der Waals surface area contributed by atoms with E-state index in [2.05, 4.69) is 6.92 Å². The van der Waals surface area contributed by atoms with E-state index in [1.54, 1.807) is 14.2 Å². The summed E-state index contributed by atoms with van der Waals surface area (Å²) in [5.74, 6) is 0.491. The van der Waals surface area contributed by atoms with Crippen molar-refractivity contribution in [2.24, 2.45) is 5.92 Å². The summed E-state index contributed by atoms with van der Waals surface area (Å²) >= 11 is 0. The SMILES string of the molecule is CC[C@@H]1C[C@H](OC)O[C@@H]1OC. The Morgan fingerprint density at radius 1 is 1.36 bits per heavy atom. The average molecular weight is 160 g/mol. The summed E-state index contributed by atoms with van der Waals surface area (Å²) in [7, 11) is 3.33. The van der Waals surface area contributed by atoms with Crippen LogP contribution in [0, 0.1) is 5.92 Å². The maximum atomic E-state index is 5.42. The van der Waals surface area contributed by atoms with E-state index < -0.39 is 0 Å². The standard InChI is InChI=1S/C8H16O3/c1-4-6-5-7(9-2)11-8(6)10-3/h6-8H,4-5H2,1-3H3/t6-,7-,8+/m1/s1.